The van der Waals surface area contributed by atoms with Gasteiger partial charge in [-0.15, -0.1) is 0 Å². The Hall–Kier alpha value is -2.52. The van der Waals surface area contributed by atoms with E-state index in [1.165, 1.54) is 0 Å². The Morgan fingerprint density at radius 2 is 1.96 bits per heavy atom. The van der Waals surface area contributed by atoms with Crippen LogP contribution in [0.3, 0.4) is 0 Å². The molecule has 1 unspecified atom stereocenters. The van der Waals surface area contributed by atoms with Crippen LogP contribution in [0.4, 0.5) is 0 Å². The lowest BCUT2D eigenvalue weighted by Gasteiger charge is -2.25. The van der Waals surface area contributed by atoms with E-state index in [4.69, 9.17) is 9.47 Å². The number of hydrogen-bond donors (Lipinski definition) is 1. The highest BCUT2D eigenvalue weighted by atomic mass is 16.6. The number of aliphatic hydroxyl groups excluding tert-OH is 1. The molecule has 0 aromatic heterocycles. The molecule has 0 spiro atoms. The third-order valence-electron chi connectivity index (χ3n) is 3.75. The fourth-order valence-electron chi connectivity index (χ4n) is 2.65. The van der Waals surface area contributed by atoms with Crippen molar-refractivity contribution in [2.24, 2.45) is 0 Å². The number of hydrogen-bond acceptors (Lipinski definition) is 3. The highest BCUT2D eigenvalue weighted by Gasteiger charge is 2.23. The highest BCUT2D eigenvalue weighted by molar-refractivity contribution is 5.85. The maximum absolute atomic E-state index is 10.1. The maximum Gasteiger partial charge on any atom is 0.218 e. The van der Waals surface area contributed by atoms with Crippen LogP contribution in [0.1, 0.15) is 23.6 Å². The Bertz CT molecular complexity index is 760. The summed E-state index contributed by atoms with van der Waals surface area (Å²) in [5.74, 6) is 1.41. The van der Waals surface area contributed by atoms with Crippen LogP contribution >= 0.6 is 0 Å². The minimum absolute atomic E-state index is 0.462. The average Bonchev–Trinajstić information content (AvgIpc) is 2.55. The summed E-state index contributed by atoms with van der Waals surface area (Å²) >= 11 is 0. The van der Waals surface area contributed by atoms with Crippen molar-refractivity contribution in [3.8, 4) is 11.5 Å². The SMILES string of the molecule is C=C(C)COc1ccc2c(c1C)OC(O)C=C2c1ccccc1. The maximum atomic E-state index is 10.1. The molecule has 23 heavy (non-hydrogen) atoms. The van der Waals surface area contributed by atoms with Crippen molar-refractivity contribution < 1.29 is 14.6 Å². The van der Waals surface area contributed by atoms with Gasteiger partial charge in [0.1, 0.15) is 18.1 Å². The number of rotatable bonds is 4. The Morgan fingerprint density at radius 3 is 2.65 bits per heavy atom. The second-order valence-corrected chi connectivity index (χ2v) is 5.77. The summed E-state index contributed by atoms with van der Waals surface area (Å²) in [5, 5.41) is 10.1. The first kappa shape index (κ1) is 15.4. The second-order valence-electron chi connectivity index (χ2n) is 5.77. The molecule has 1 N–H and O–H groups in total. The highest BCUT2D eigenvalue weighted by Crippen LogP contribution is 2.41. The first-order valence-corrected chi connectivity index (χ1v) is 7.59. The average molecular weight is 308 g/mol. The summed E-state index contributed by atoms with van der Waals surface area (Å²) < 4.78 is 11.4. The van der Waals surface area contributed by atoms with Crippen molar-refractivity contribution in [1.29, 1.82) is 0 Å². The fraction of sp³-hybridized carbons (Fsp3) is 0.200. The van der Waals surface area contributed by atoms with E-state index >= 15 is 0 Å². The van der Waals surface area contributed by atoms with Crippen molar-refractivity contribution in [2.45, 2.75) is 20.1 Å². The quantitative estimate of drug-likeness (QED) is 0.865. The third-order valence-corrected chi connectivity index (χ3v) is 3.75. The minimum Gasteiger partial charge on any atom is -0.489 e. The Labute approximate surface area is 136 Å². The summed E-state index contributed by atoms with van der Waals surface area (Å²) in [6.45, 7) is 8.17. The molecule has 118 valence electrons. The second kappa shape index (κ2) is 6.31. The van der Waals surface area contributed by atoms with E-state index in [-0.39, 0.29) is 0 Å². The zero-order valence-corrected chi connectivity index (χ0v) is 13.4. The zero-order chi connectivity index (χ0) is 16.4. The zero-order valence-electron chi connectivity index (χ0n) is 13.4. The Kier molecular flexibility index (Phi) is 4.22. The summed E-state index contributed by atoms with van der Waals surface area (Å²) in [5.41, 5.74) is 4.80. The van der Waals surface area contributed by atoms with E-state index in [1.807, 2.05) is 56.3 Å². The molecule has 0 bridgehead atoms. The van der Waals surface area contributed by atoms with Crippen LogP contribution in [0.25, 0.3) is 5.57 Å². The summed E-state index contributed by atoms with van der Waals surface area (Å²) in [6, 6.07) is 13.9. The normalized spacial score (nSPS) is 16.1. The molecule has 1 atom stereocenters. The molecule has 2 aromatic carbocycles. The van der Waals surface area contributed by atoms with Gasteiger partial charge in [-0.2, -0.15) is 0 Å². The molecule has 3 rings (SSSR count). The van der Waals surface area contributed by atoms with Gasteiger partial charge in [-0.25, -0.2) is 0 Å². The molecule has 0 saturated heterocycles. The third kappa shape index (κ3) is 3.15. The molecule has 0 radical (unpaired) electrons. The van der Waals surface area contributed by atoms with E-state index in [9.17, 15) is 5.11 Å². The lowest BCUT2D eigenvalue weighted by atomic mass is 9.93. The van der Waals surface area contributed by atoms with Crippen molar-refractivity contribution in [3.05, 3.63) is 77.4 Å². The van der Waals surface area contributed by atoms with Crippen molar-refractivity contribution in [3.63, 3.8) is 0 Å². The predicted octanol–water partition coefficient (Wildman–Crippen LogP) is 4.09. The van der Waals surface area contributed by atoms with Gasteiger partial charge in [-0.3, -0.25) is 0 Å². The Morgan fingerprint density at radius 1 is 1.22 bits per heavy atom. The molecule has 0 aliphatic carbocycles. The van der Waals surface area contributed by atoms with Gasteiger partial charge in [0.25, 0.3) is 0 Å². The van der Waals surface area contributed by atoms with Crippen molar-refractivity contribution in [1.82, 2.24) is 0 Å². The molecule has 1 aliphatic heterocycles. The van der Waals surface area contributed by atoms with Gasteiger partial charge in [0, 0.05) is 11.1 Å². The summed E-state index contributed by atoms with van der Waals surface area (Å²) in [4.78, 5) is 0. The number of fused-ring (bicyclic) bond motifs is 1. The molecular weight excluding hydrogens is 288 g/mol. The fourth-order valence-corrected chi connectivity index (χ4v) is 2.65. The van der Waals surface area contributed by atoms with Crippen LogP contribution in [0.5, 0.6) is 11.5 Å². The van der Waals surface area contributed by atoms with E-state index in [0.717, 1.165) is 33.6 Å². The topological polar surface area (TPSA) is 38.7 Å². The van der Waals surface area contributed by atoms with Gasteiger partial charge < -0.3 is 14.6 Å². The lowest BCUT2D eigenvalue weighted by Crippen LogP contribution is -2.19. The number of ether oxygens (including phenoxy) is 2. The monoisotopic (exact) mass is 308 g/mol. The van der Waals surface area contributed by atoms with Gasteiger partial charge in [-0.05, 0) is 48.8 Å². The van der Waals surface area contributed by atoms with Crippen LogP contribution in [-0.2, 0) is 0 Å². The first-order valence-electron chi connectivity index (χ1n) is 7.59. The smallest absolute Gasteiger partial charge is 0.218 e. The summed E-state index contributed by atoms with van der Waals surface area (Å²) in [6.07, 6.45) is 0.763. The summed E-state index contributed by atoms with van der Waals surface area (Å²) in [7, 11) is 0. The standard InChI is InChI=1S/C20H20O3/c1-13(2)12-22-18-10-9-16-17(15-7-5-4-6-8-15)11-19(21)23-20(16)14(18)3/h4-11,19,21H,1,12H2,2-3H3. The van der Waals surface area contributed by atoms with Gasteiger partial charge >= 0.3 is 0 Å². The van der Waals surface area contributed by atoms with Gasteiger partial charge in [0.2, 0.25) is 6.29 Å². The van der Waals surface area contributed by atoms with Gasteiger partial charge in [0.05, 0.1) is 0 Å². The molecule has 0 amide bonds. The molecule has 1 heterocycles. The molecule has 0 saturated carbocycles. The number of aliphatic hydroxyl groups is 1. The van der Waals surface area contributed by atoms with E-state index in [2.05, 4.69) is 6.58 Å². The van der Waals surface area contributed by atoms with Crippen LogP contribution in [0.15, 0.2) is 60.7 Å². The first-order chi connectivity index (χ1) is 11.1. The largest absolute Gasteiger partial charge is 0.489 e. The molecule has 3 nitrogen and oxygen atoms in total. The van der Waals surface area contributed by atoms with Crippen LogP contribution in [-0.4, -0.2) is 18.0 Å². The van der Waals surface area contributed by atoms with E-state index in [0.29, 0.717) is 12.4 Å². The van der Waals surface area contributed by atoms with Gasteiger partial charge in [-0.1, -0.05) is 36.9 Å². The van der Waals surface area contributed by atoms with E-state index in [1.54, 1.807) is 6.08 Å². The van der Waals surface area contributed by atoms with Crippen LogP contribution in [0, 0.1) is 6.92 Å². The molecular formula is C20H20O3. The molecule has 0 fully saturated rings. The van der Waals surface area contributed by atoms with Gasteiger partial charge in [0.15, 0.2) is 0 Å². The lowest BCUT2D eigenvalue weighted by molar-refractivity contribution is 0.0218. The van der Waals surface area contributed by atoms with Crippen molar-refractivity contribution in [2.75, 3.05) is 6.61 Å². The van der Waals surface area contributed by atoms with Crippen molar-refractivity contribution >= 4 is 5.57 Å². The Balaban J connectivity index is 2.03. The minimum atomic E-state index is -0.965. The van der Waals surface area contributed by atoms with Crippen LogP contribution in [0.2, 0.25) is 0 Å². The molecule has 3 heteroatoms. The number of benzene rings is 2. The molecule has 2 aromatic rings. The molecule has 1 aliphatic rings. The predicted molar refractivity (Wildman–Crippen MR) is 91.6 cm³/mol. The van der Waals surface area contributed by atoms with Crippen LogP contribution < -0.4 is 9.47 Å². The van der Waals surface area contributed by atoms with E-state index < -0.39 is 6.29 Å².